The van der Waals surface area contributed by atoms with Crippen molar-refractivity contribution >= 4 is 5.78 Å². The van der Waals surface area contributed by atoms with Gasteiger partial charge in [0.15, 0.2) is 23.2 Å². The number of carbonyl (C=O) groups excluding carboxylic acids is 1. The molecule has 18 heavy (non-hydrogen) atoms. The van der Waals surface area contributed by atoms with Crippen LogP contribution in [0.1, 0.15) is 36.0 Å². The van der Waals surface area contributed by atoms with Gasteiger partial charge in [0.05, 0.1) is 5.56 Å². The van der Waals surface area contributed by atoms with E-state index in [4.69, 9.17) is 0 Å². The highest BCUT2D eigenvalue weighted by atomic mass is 19.2. The molecule has 3 rings (SSSR count). The number of ketones is 1. The van der Waals surface area contributed by atoms with Gasteiger partial charge in [0, 0.05) is 5.92 Å². The molecule has 2 aliphatic rings. The second kappa shape index (κ2) is 4.11. The third-order valence-electron chi connectivity index (χ3n) is 4.26. The molecule has 0 spiro atoms. The average Bonchev–Trinajstić information content (AvgIpc) is 3.10. The van der Waals surface area contributed by atoms with Crippen LogP contribution in [-0.4, -0.2) is 5.78 Å². The quantitative estimate of drug-likeness (QED) is 0.580. The van der Waals surface area contributed by atoms with E-state index < -0.39 is 17.5 Å². The molecule has 4 heteroatoms. The number of fused-ring (bicyclic) bond motifs is 1. The lowest BCUT2D eigenvalue weighted by atomic mass is 10.0. The molecule has 2 saturated carbocycles. The number of carbonyl (C=O) groups is 1. The molecule has 0 saturated heterocycles. The molecule has 0 aromatic heterocycles. The summed E-state index contributed by atoms with van der Waals surface area (Å²) in [6.07, 6.45) is 4.19. The van der Waals surface area contributed by atoms with E-state index >= 15 is 0 Å². The fraction of sp³-hybridized carbons (Fsp3) is 0.500. The second-order valence-electron chi connectivity index (χ2n) is 5.23. The smallest absolute Gasteiger partial charge is 0.195 e. The van der Waals surface area contributed by atoms with Crippen LogP contribution < -0.4 is 0 Å². The van der Waals surface area contributed by atoms with Gasteiger partial charge in [-0.25, -0.2) is 13.2 Å². The maximum Gasteiger partial charge on any atom is 0.195 e. The summed E-state index contributed by atoms with van der Waals surface area (Å²) in [6.45, 7) is 0. The van der Waals surface area contributed by atoms with Crippen LogP contribution in [-0.2, 0) is 0 Å². The van der Waals surface area contributed by atoms with Crippen molar-refractivity contribution in [2.45, 2.75) is 25.7 Å². The Hall–Kier alpha value is -1.32. The van der Waals surface area contributed by atoms with Crippen molar-refractivity contribution in [2.75, 3.05) is 0 Å². The van der Waals surface area contributed by atoms with Gasteiger partial charge in [-0.15, -0.1) is 0 Å². The summed E-state index contributed by atoms with van der Waals surface area (Å²) in [6, 6.07) is 1.87. The van der Waals surface area contributed by atoms with E-state index in [-0.39, 0.29) is 17.3 Å². The molecule has 2 atom stereocenters. The van der Waals surface area contributed by atoms with Gasteiger partial charge in [0.25, 0.3) is 0 Å². The van der Waals surface area contributed by atoms with Crippen molar-refractivity contribution in [3.05, 3.63) is 35.1 Å². The van der Waals surface area contributed by atoms with Crippen LogP contribution >= 0.6 is 0 Å². The van der Waals surface area contributed by atoms with E-state index in [9.17, 15) is 18.0 Å². The highest BCUT2D eigenvalue weighted by Gasteiger charge is 2.55. The summed E-state index contributed by atoms with van der Waals surface area (Å²) in [5.41, 5.74) is -0.298. The molecule has 2 aliphatic carbocycles. The SMILES string of the molecule is O=C(c1ccc(F)c(F)c1F)C1C2CCCCC21. The Balaban J connectivity index is 1.88. The first kappa shape index (κ1) is 11.8. The number of rotatable bonds is 2. The summed E-state index contributed by atoms with van der Waals surface area (Å²) in [5, 5.41) is 0. The standard InChI is InChI=1S/C14H13F3O/c15-10-6-5-9(12(16)13(10)17)14(18)11-7-3-1-2-4-8(7)11/h5-8,11H,1-4H2. The lowest BCUT2D eigenvalue weighted by molar-refractivity contribution is 0.0951. The van der Waals surface area contributed by atoms with E-state index in [2.05, 4.69) is 0 Å². The highest BCUT2D eigenvalue weighted by Crippen LogP contribution is 2.56. The lowest BCUT2D eigenvalue weighted by Crippen LogP contribution is -2.09. The Bertz CT molecular complexity index is 500. The van der Waals surface area contributed by atoms with Crippen molar-refractivity contribution in [3.8, 4) is 0 Å². The van der Waals surface area contributed by atoms with Crippen molar-refractivity contribution in [3.63, 3.8) is 0 Å². The van der Waals surface area contributed by atoms with Gasteiger partial charge in [-0.05, 0) is 36.8 Å². The summed E-state index contributed by atoms with van der Waals surface area (Å²) in [7, 11) is 0. The van der Waals surface area contributed by atoms with Crippen molar-refractivity contribution in [1.82, 2.24) is 0 Å². The zero-order chi connectivity index (χ0) is 12.9. The predicted molar refractivity (Wildman–Crippen MR) is 59.6 cm³/mol. The Kier molecular flexibility index (Phi) is 2.68. The molecule has 2 fully saturated rings. The molecule has 0 radical (unpaired) electrons. The Morgan fingerprint density at radius 1 is 1.00 bits per heavy atom. The normalized spacial score (nSPS) is 29.8. The van der Waals surface area contributed by atoms with E-state index in [1.807, 2.05) is 0 Å². The Morgan fingerprint density at radius 3 is 2.22 bits per heavy atom. The fourth-order valence-electron chi connectivity index (χ4n) is 3.28. The summed E-state index contributed by atoms with van der Waals surface area (Å²) in [4.78, 5) is 12.1. The van der Waals surface area contributed by atoms with Gasteiger partial charge in [-0.2, -0.15) is 0 Å². The van der Waals surface area contributed by atoms with Crippen LogP contribution in [0.3, 0.4) is 0 Å². The van der Waals surface area contributed by atoms with Crippen LogP contribution in [0.5, 0.6) is 0 Å². The second-order valence-corrected chi connectivity index (χ2v) is 5.23. The minimum atomic E-state index is -1.55. The number of Topliss-reactive ketones (excluding diaryl/α,β-unsaturated/α-hetero) is 1. The molecule has 0 heterocycles. The zero-order valence-electron chi connectivity index (χ0n) is 9.76. The number of hydrogen-bond acceptors (Lipinski definition) is 1. The van der Waals surface area contributed by atoms with Gasteiger partial charge in [0.1, 0.15) is 0 Å². The van der Waals surface area contributed by atoms with Crippen LogP contribution in [0.15, 0.2) is 12.1 Å². The van der Waals surface area contributed by atoms with Crippen molar-refractivity contribution in [1.29, 1.82) is 0 Å². The Labute approximate surface area is 103 Å². The molecule has 0 aliphatic heterocycles. The molecule has 96 valence electrons. The Morgan fingerprint density at radius 2 is 1.61 bits per heavy atom. The molecule has 1 nitrogen and oxygen atoms in total. The average molecular weight is 254 g/mol. The van der Waals surface area contributed by atoms with Crippen LogP contribution in [0.25, 0.3) is 0 Å². The minimum Gasteiger partial charge on any atom is -0.294 e. The first-order chi connectivity index (χ1) is 8.61. The molecule has 1 aromatic carbocycles. The molecule has 2 unspecified atom stereocenters. The van der Waals surface area contributed by atoms with E-state index in [1.165, 1.54) is 0 Å². The number of hydrogen-bond donors (Lipinski definition) is 0. The number of halogens is 3. The first-order valence-electron chi connectivity index (χ1n) is 6.29. The van der Waals surface area contributed by atoms with Crippen LogP contribution in [0.2, 0.25) is 0 Å². The zero-order valence-corrected chi connectivity index (χ0v) is 9.76. The fourth-order valence-corrected chi connectivity index (χ4v) is 3.28. The van der Waals surface area contributed by atoms with E-state index in [1.54, 1.807) is 0 Å². The summed E-state index contributed by atoms with van der Waals surface area (Å²) in [5.74, 6) is -4.02. The molecule has 1 aromatic rings. The molecular formula is C14H13F3O. The number of benzene rings is 1. The van der Waals surface area contributed by atoms with Crippen LogP contribution in [0, 0.1) is 35.2 Å². The lowest BCUT2D eigenvalue weighted by Gasteiger charge is -2.04. The predicted octanol–water partition coefficient (Wildman–Crippen LogP) is 3.72. The summed E-state index contributed by atoms with van der Waals surface area (Å²) >= 11 is 0. The highest BCUT2D eigenvalue weighted by molar-refractivity contribution is 6.00. The van der Waals surface area contributed by atoms with E-state index in [0.29, 0.717) is 11.8 Å². The topological polar surface area (TPSA) is 17.1 Å². The van der Waals surface area contributed by atoms with Gasteiger partial charge in [-0.3, -0.25) is 4.79 Å². The third kappa shape index (κ3) is 1.66. The first-order valence-corrected chi connectivity index (χ1v) is 6.29. The molecule has 0 N–H and O–H groups in total. The van der Waals surface area contributed by atoms with Gasteiger partial charge >= 0.3 is 0 Å². The van der Waals surface area contributed by atoms with Crippen molar-refractivity contribution in [2.24, 2.45) is 17.8 Å². The summed E-state index contributed by atoms with van der Waals surface area (Å²) < 4.78 is 39.5. The van der Waals surface area contributed by atoms with Crippen molar-refractivity contribution < 1.29 is 18.0 Å². The molecular weight excluding hydrogens is 241 g/mol. The molecule has 0 bridgehead atoms. The maximum absolute atomic E-state index is 13.5. The van der Waals surface area contributed by atoms with Gasteiger partial charge in [0.2, 0.25) is 0 Å². The van der Waals surface area contributed by atoms with E-state index in [0.717, 1.165) is 37.8 Å². The third-order valence-corrected chi connectivity index (χ3v) is 4.26. The largest absolute Gasteiger partial charge is 0.294 e. The monoisotopic (exact) mass is 254 g/mol. The van der Waals surface area contributed by atoms with Gasteiger partial charge < -0.3 is 0 Å². The molecule has 0 amide bonds. The van der Waals surface area contributed by atoms with Gasteiger partial charge in [-0.1, -0.05) is 12.8 Å². The van der Waals surface area contributed by atoms with Crippen LogP contribution in [0.4, 0.5) is 13.2 Å². The minimum absolute atomic E-state index is 0.174. The maximum atomic E-state index is 13.5.